The van der Waals surface area contributed by atoms with E-state index in [9.17, 15) is 19.2 Å². The van der Waals surface area contributed by atoms with Gasteiger partial charge in [0.05, 0.1) is 0 Å². The molecule has 0 fully saturated rings. The summed E-state index contributed by atoms with van der Waals surface area (Å²) in [5, 5.41) is 15.0. The predicted octanol–water partition coefficient (Wildman–Crippen LogP) is 20.2. The molecule has 0 spiro atoms. The van der Waals surface area contributed by atoms with E-state index in [4.69, 9.17) is 18.9 Å². The smallest absolute Gasteiger partial charge is 0.335 e. The molecule has 0 bridgehead atoms. The van der Waals surface area contributed by atoms with Crippen molar-refractivity contribution < 1.29 is 38.1 Å². The molecular formula is C84H64O8S2. The normalized spacial score (nSPS) is 11.2. The predicted molar refractivity (Wildman–Crippen MR) is 387 cm³/mol. The van der Waals surface area contributed by atoms with Gasteiger partial charge < -0.3 is 18.9 Å². The summed E-state index contributed by atoms with van der Waals surface area (Å²) in [6.45, 7) is 14.1. The van der Waals surface area contributed by atoms with E-state index in [-0.39, 0.29) is 0 Å². The average Bonchev–Trinajstić information content (AvgIpc) is 1.61. The average molecular weight is 1270 g/mol. The number of hydrogen-bond acceptors (Lipinski definition) is 10. The molecule has 14 aromatic rings. The fraction of sp³-hybridized carbons (Fsp3) is 0.0952. The van der Waals surface area contributed by atoms with Crippen LogP contribution in [0.2, 0.25) is 0 Å². The van der Waals surface area contributed by atoms with E-state index < -0.39 is 23.9 Å². The Kier molecular flexibility index (Phi) is 18.3. The number of carbonyl (C=O) groups is 4. The maximum Gasteiger partial charge on any atom is 0.335 e. The largest absolute Gasteiger partial charge is 0.423 e. The minimum absolute atomic E-state index is 0.462. The van der Waals surface area contributed by atoms with E-state index in [0.717, 1.165) is 73.6 Å². The highest BCUT2D eigenvalue weighted by atomic mass is 32.1. The van der Waals surface area contributed by atoms with E-state index in [1.165, 1.54) is 130 Å². The summed E-state index contributed by atoms with van der Waals surface area (Å²) in [6.07, 6.45) is 11.0. The van der Waals surface area contributed by atoms with Crippen LogP contribution in [0.15, 0.2) is 269 Å². The molecule has 14 rings (SSSR count). The Morgan fingerprint density at radius 3 is 0.894 bits per heavy atom. The molecular weight excluding hydrogens is 1200 g/mol. The van der Waals surface area contributed by atoms with E-state index in [1.54, 1.807) is 12.1 Å². The number of hydrogen-bond donors (Lipinski definition) is 0. The minimum Gasteiger partial charge on any atom is -0.423 e. The zero-order chi connectivity index (χ0) is 64.7. The number of rotatable bonds is 20. The number of thiophene rings is 2. The van der Waals surface area contributed by atoms with Gasteiger partial charge in [-0.3, -0.25) is 0 Å². The maximum atomic E-state index is 12.0. The van der Waals surface area contributed by atoms with Crippen LogP contribution >= 0.6 is 22.7 Å². The first-order valence-electron chi connectivity index (χ1n) is 31.3. The first-order valence-corrected chi connectivity index (χ1v) is 32.9. The lowest BCUT2D eigenvalue weighted by atomic mass is 9.93. The van der Waals surface area contributed by atoms with Crippen molar-refractivity contribution in [2.24, 2.45) is 0 Å². The molecule has 0 aliphatic rings. The van der Waals surface area contributed by atoms with Gasteiger partial charge in [-0.1, -0.05) is 184 Å². The molecule has 0 amide bonds. The van der Waals surface area contributed by atoms with Gasteiger partial charge in [0.15, 0.2) is 0 Å². The van der Waals surface area contributed by atoms with Gasteiger partial charge in [0.25, 0.3) is 0 Å². The second-order valence-corrected chi connectivity index (χ2v) is 25.1. The van der Waals surface area contributed by atoms with Crippen LogP contribution in [0.3, 0.4) is 0 Å². The number of para-hydroxylation sites is 2. The van der Waals surface area contributed by atoms with Gasteiger partial charge in [0.2, 0.25) is 0 Å². The second-order valence-electron chi connectivity index (χ2n) is 23.1. The van der Waals surface area contributed by atoms with Gasteiger partial charge in [-0.15, -0.1) is 22.7 Å². The molecule has 12 aromatic carbocycles. The fourth-order valence-corrected chi connectivity index (χ4v) is 15.6. The van der Waals surface area contributed by atoms with Gasteiger partial charge >= 0.3 is 23.9 Å². The molecule has 2 heterocycles. The molecule has 0 unspecified atom stereocenters. The minimum atomic E-state index is -0.462. The summed E-state index contributed by atoms with van der Waals surface area (Å²) in [6, 6.07) is 74.8. The summed E-state index contributed by atoms with van der Waals surface area (Å²) < 4.78 is 27.1. The van der Waals surface area contributed by atoms with Gasteiger partial charge in [-0.25, -0.2) is 19.2 Å². The molecule has 0 saturated carbocycles. The van der Waals surface area contributed by atoms with Crippen LogP contribution < -0.4 is 18.9 Å². The third-order valence-corrected chi connectivity index (χ3v) is 19.9. The van der Waals surface area contributed by atoms with Crippen molar-refractivity contribution in [1.29, 1.82) is 0 Å². The lowest BCUT2D eigenvalue weighted by molar-refractivity contribution is -0.129. The van der Waals surface area contributed by atoms with Crippen LogP contribution in [0.1, 0.15) is 44.5 Å². The van der Waals surface area contributed by atoms with Gasteiger partial charge in [-0.2, -0.15) is 0 Å². The number of benzene rings is 12. The zero-order valence-corrected chi connectivity index (χ0v) is 53.3. The molecule has 10 heteroatoms. The molecule has 0 aliphatic carbocycles. The van der Waals surface area contributed by atoms with Crippen molar-refractivity contribution in [2.45, 2.75) is 51.4 Å². The Morgan fingerprint density at radius 1 is 0.287 bits per heavy atom. The summed E-state index contributed by atoms with van der Waals surface area (Å²) in [7, 11) is 0. The molecule has 0 N–H and O–H groups in total. The lowest BCUT2D eigenvalue weighted by Crippen LogP contribution is -2.05. The van der Waals surface area contributed by atoms with Crippen molar-refractivity contribution >= 4 is 130 Å². The van der Waals surface area contributed by atoms with E-state index in [0.29, 0.717) is 23.0 Å². The molecule has 2 aromatic heterocycles. The summed E-state index contributed by atoms with van der Waals surface area (Å²) in [5.74, 6) is 0.339. The van der Waals surface area contributed by atoms with Crippen molar-refractivity contribution in [3.63, 3.8) is 0 Å². The van der Waals surface area contributed by atoms with Gasteiger partial charge in [0.1, 0.15) is 23.0 Å². The molecule has 460 valence electrons. The highest BCUT2D eigenvalue weighted by Crippen LogP contribution is 2.48. The topological polar surface area (TPSA) is 105 Å². The van der Waals surface area contributed by atoms with Gasteiger partial charge in [0, 0.05) is 64.6 Å². The van der Waals surface area contributed by atoms with E-state index in [2.05, 4.69) is 160 Å². The number of carbonyl (C=O) groups excluding carboxylic acids is 4. The summed E-state index contributed by atoms with van der Waals surface area (Å²) >= 11 is 3.74. The van der Waals surface area contributed by atoms with Crippen molar-refractivity contribution in [1.82, 2.24) is 0 Å². The van der Waals surface area contributed by atoms with Crippen LogP contribution in [0.25, 0.3) is 83.4 Å². The van der Waals surface area contributed by atoms with Crippen LogP contribution in [0.5, 0.6) is 23.0 Å². The first kappa shape index (κ1) is 61.8. The molecule has 0 saturated heterocycles. The fourth-order valence-electron chi connectivity index (χ4n) is 12.8. The summed E-state index contributed by atoms with van der Waals surface area (Å²) in [4.78, 5) is 47.6. The van der Waals surface area contributed by atoms with Crippen molar-refractivity contribution in [3.05, 3.63) is 314 Å². The lowest BCUT2D eigenvalue weighted by Gasteiger charge is -2.12. The van der Waals surface area contributed by atoms with Gasteiger partial charge in [-0.05, 0) is 200 Å². The van der Waals surface area contributed by atoms with Crippen molar-refractivity contribution in [3.8, 4) is 23.0 Å². The molecule has 8 nitrogen and oxygen atoms in total. The second kappa shape index (κ2) is 27.8. The highest BCUT2D eigenvalue weighted by molar-refractivity contribution is 7.27. The quantitative estimate of drug-likeness (QED) is 0.0422. The third kappa shape index (κ3) is 13.1. The summed E-state index contributed by atoms with van der Waals surface area (Å²) in [5.41, 5.74) is 9.31. The Balaban J connectivity index is 0.000000171. The first-order chi connectivity index (χ1) is 46.0. The van der Waals surface area contributed by atoms with Crippen molar-refractivity contribution in [2.75, 3.05) is 0 Å². The Bertz CT molecular complexity index is 5030. The third-order valence-electron chi connectivity index (χ3n) is 17.2. The van der Waals surface area contributed by atoms with Crippen LogP contribution in [-0.4, -0.2) is 23.9 Å². The maximum absolute atomic E-state index is 12.0. The molecule has 0 radical (unpaired) electrons. The molecule has 94 heavy (non-hydrogen) atoms. The zero-order valence-electron chi connectivity index (χ0n) is 51.7. The number of ether oxygens (including phenoxy) is 4. The number of fused-ring (bicyclic) bond motifs is 14. The SMILES string of the molecule is C=CC(=O)Oc1cccc(CCc2cc3ccccc3c3c2sc2c(CCc4cccc(OC(=O)C=C)c4)cc4ccccc4c23)c1.C=CC(=O)Oc1ccccc1CCc1cc2ccccc2c2c1sc1c(CCc3ccccc3OC(=O)C=C)cc3ccccc3c12. The van der Waals surface area contributed by atoms with Crippen LogP contribution in [-0.2, 0) is 70.5 Å². The van der Waals surface area contributed by atoms with E-state index >= 15 is 0 Å². The Labute approximate surface area is 552 Å². The van der Waals surface area contributed by atoms with E-state index in [1.807, 2.05) is 95.5 Å². The monoisotopic (exact) mass is 1260 g/mol. The number of esters is 4. The Morgan fingerprint density at radius 2 is 0.564 bits per heavy atom. The van der Waals surface area contributed by atoms with Crippen LogP contribution in [0, 0.1) is 0 Å². The standard InChI is InChI=1S/2C42H32O4S/c1-3-37(43)45-35-19-11-7-13-27(35)21-23-31-25-29-15-5-9-17-33(29)39-40-34-18-10-6-16-30(34)26-32(42(40)47-41(31)39)24-22-28-14-8-12-20-36(28)46-38(44)4-2;1-3-37(43)45-33-15-9-11-27(23-33)19-21-31-25-29-13-5-7-17-35(29)39-40-36-18-8-6-14-30(36)26-32(42(40)47-41(31)39)22-20-28-12-10-16-34(24-28)46-38(44)4-2/h3-20,25-26H,1-2,21-24H2;3-18,23-26H,1-2,19-22H2. The molecule has 0 atom stereocenters. The van der Waals surface area contributed by atoms with Crippen LogP contribution in [0.4, 0.5) is 0 Å². The molecule has 0 aliphatic heterocycles. The highest BCUT2D eigenvalue weighted by Gasteiger charge is 2.22. The number of aryl methyl sites for hydroxylation is 8. The Hall–Kier alpha value is -11.0.